The van der Waals surface area contributed by atoms with Gasteiger partial charge in [0.15, 0.2) is 5.89 Å². The molecule has 0 aromatic carbocycles. The second-order valence-corrected chi connectivity index (χ2v) is 24.0. The maximum Gasteiger partial charge on any atom is 0.200 e. The van der Waals surface area contributed by atoms with E-state index in [1.54, 1.807) is 6.26 Å². The van der Waals surface area contributed by atoms with Crippen LogP contribution in [0, 0.1) is 18.8 Å². The van der Waals surface area contributed by atoms with Crippen molar-refractivity contribution >= 4 is 22.5 Å². The third kappa shape index (κ3) is 6.74. The molecular formula is C28H53NO3Si2. The fourth-order valence-electron chi connectivity index (χ4n) is 6.35. The summed E-state index contributed by atoms with van der Waals surface area (Å²) >= 11 is 0. The molecule has 1 fully saturated rings. The normalized spacial score (nSPS) is 27.3. The van der Waals surface area contributed by atoms with Crippen molar-refractivity contribution in [1.82, 2.24) is 4.98 Å². The van der Waals surface area contributed by atoms with Crippen LogP contribution in [0.5, 0.6) is 0 Å². The smallest absolute Gasteiger partial charge is 0.200 e. The van der Waals surface area contributed by atoms with Crippen LogP contribution in [0.4, 0.5) is 0 Å². The van der Waals surface area contributed by atoms with Crippen LogP contribution in [-0.2, 0) is 9.16 Å². The molecule has 6 heteroatoms. The van der Waals surface area contributed by atoms with Crippen LogP contribution in [0.25, 0.3) is 6.08 Å². The summed E-state index contributed by atoms with van der Waals surface area (Å²) < 4.78 is 19.8. The van der Waals surface area contributed by atoms with Crippen LogP contribution in [-0.4, -0.2) is 39.7 Å². The summed E-state index contributed by atoms with van der Waals surface area (Å²) in [5.41, 5.74) is 3.80. The van der Waals surface area contributed by atoms with Crippen LogP contribution in [0.15, 0.2) is 16.3 Å². The van der Waals surface area contributed by atoms with Gasteiger partial charge in [-0.05, 0) is 41.6 Å². The first-order valence-corrected chi connectivity index (χ1v) is 19.4. The van der Waals surface area contributed by atoms with Gasteiger partial charge in [-0.2, -0.15) is 0 Å². The number of hydrogen-bond donors (Lipinski definition) is 0. The molecule has 0 amide bonds. The van der Waals surface area contributed by atoms with Gasteiger partial charge in [-0.25, -0.2) is 4.98 Å². The Hall–Kier alpha value is -0.696. The number of aromatic nitrogens is 1. The van der Waals surface area contributed by atoms with Crippen molar-refractivity contribution in [1.29, 1.82) is 0 Å². The minimum atomic E-state index is -2.02. The van der Waals surface area contributed by atoms with Gasteiger partial charge in [-0.3, -0.25) is 0 Å². The summed E-state index contributed by atoms with van der Waals surface area (Å²) in [6.07, 6.45) is 5.45. The van der Waals surface area contributed by atoms with Crippen molar-refractivity contribution in [2.24, 2.45) is 11.8 Å². The van der Waals surface area contributed by atoms with Crippen molar-refractivity contribution in [3.05, 3.63) is 23.4 Å². The van der Waals surface area contributed by atoms with Crippen LogP contribution < -0.4 is 0 Å². The largest absolute Gasteiger partial charge is 0.449 e. The van der Waals surface area contributed by atoms with E-state index in [4.69, 9.17) is 13.6 Å². The van der Waals surface area contributed by atoms with Gasteiger partial charge in [0.05, 0.1) is 18.3 Å². The molecule has 0 unspecified atom stereocenters. The predicted molar refractivity (Wildman–Crippen MR) is 151 cm³/mol. The van der Waals surface area contributed by atoms with Crippen LogP contribution in [0.2, 0.25) is 42.3 Å². The first-order valence-electron chi connectivity index (χ1n) is 13.5. The van der Waals surface area contributed by atoms with E-state index >= 15 is 0 Å². The predicted octanol–water partition coefficient (Wildman–Crippen LogP) is 8.71. The number of ether oxygens (including phenoxy) is 1. The Balaban J connectivity index is 2.46. The number of nitrogens with zero attached hydrogens (tertiary/aromatic N) is 1. The monoisotopic (exact) mass is 507 g/mol. The average Bonchev–Trinajstić information content (AvgIpc) is 3.10. The highest BCUT2D eigenvalue weighted by Crippen LogP contribution is 2.47. The summed E-state index contributed by atoms with van der Waals surface area (Å²) in [5, 5.41) is 0. The molecule has 0 spiro atoms. The molecule has 0 radical (unpaired) electrons. The molecule has 1 aromatic rings. The van der Waals surface area contributed by atoms with Gasteiger partial charge in [0.1, 0.15) is 12.0 Å². The zero-order valence-electron chi connectivity index (χ0n) is 24.4. The molecule has 1 aliphatic rings. The first kappa shape index (κ1) is 29.5. The lowest BCUT2D eigenvalue weighted by molar-refractivity contribution is -0.146. The topological polar surface area (TPSA) is 44.5 Å². The quantitative estimate of drug-likeness (QED) is 0.297. The molecule has 34 heavy (non-hydrogen) atoms. The molecule has 2 heterocycles. The molecule has 1 saturated heterocycles. The Morgan fingerprint density at radius 1 is 1.03 bits per heavy atom. The van der Waals surface area contributed by atoms with Gasteiger partial charge < -0.3 is 13.6 Å². The van der Waals surface area contributed by atoms with E-state index in [2.05, 4.69) is 93.0 Å². The van der Waals surface area contributed by atoms with Gasteiger partial charge >= 0.3 is 0 Å². The lowest BCUT2D eigenvalue weighted by Crippen LogP contribution is -2.58. The maximum atomic E-state index is 7.49. The standard InChI is InChI=1S/C28H53NO3Si2/c1-18(2)34(19(3)4,20(5)6)32-28-22(8)26(14-15-33(11,12)13)31-27(23(28)9)21(7)16-25-17-30-24(10)29-25/h16-20,22-23,26-28H,14-15H2,1-13H3/b21-16+/t22-,23-,26+,27-,28-/m0/s1. The van der Waals surface area contributed by atoms with E-state index in [0.717, 1.165) is 12.1 Å². The Morgan fingerprint density at radius 2 is 1.59 bits per heavy atom. The Labute approximate surface area is 212 Å². The molecule has 2 rings (SSSR count). The van der Waals surface area contributed by atoms with Crippen molar-refractivity contribution in [3.63, 3.8) is 0 Å². The second kappa shape index (κ2) is 11.6. The van der Waals surface area contributed by atoms with Crippen LogP contribution >= 0.6 is 0 Å². The third-order valence-electron chi connectivity index (χ3n) is 8.11. The average molecular weight is 508 g/mol. The summed E-state index contributed by atoms with van der Waals surface area (Å²) in [7, 11) is -3.18. The van der Waals surface area contributed by atoms with E-state index in [1.165, 1.54) is 11.6 Å². The van der Waals surface area contributed by atoms with Gasteiger partial charge in [0, 0.05) is 26.8 Å². The highest BCUT2D eigenvalue weighted by Gasteiger charge is 2.51. The van der Waals surface area contributed by atoms with Crippen molar-refractivity contribution in [3.8, 4) is 0 Å². The second-order valence-electron chi connectivity index (χ2n) is 13.0. The van der Waals surface area contributed by atoms with E-state index in [1.807, 2.05) is 6.92 Å². The molecule has 196 valence electrons. The van der Waals surface area contributed by atoms with Crippen molar-refractivity contribution in [2.75, 3.05) is 0 Å². The minimum absolute atomic E-state index is 0.0306. The SMILES string of the molecule is C/C(=C\c1coc(C)n1)[C@@H]1O[C@H](CC[Si](C)(C)C)[C@H](C)[C@H](O[Si](C(C)C)(C(C)C)C(C)C)[C@H]1C. The molecule has 0 N–H and O–H groups in total. The minimum Gasteiger partial charge on any atom is -0.449 e. The van der Waals surface area contributed by atoms with E-state index in [9.17, 15) is 0 Å². The Morgan fingerprint density at radius 3 is 2.03 bits per heavy atom. The highest BCUT2D eigenvalue weighted by atomic mass is 28.4. The molecule has 0 aliphatic carbocycles. The lowest BCUT2D eigenvalue weighted by Gasteiger charge is -2.52. The third-order valence-corrected chi connectivity index (χ3v) is 16.0. The van der Waals surface area contributed by atoms with Crippen LogP contribution in [0.3, 0.4) is 0 Å². The van der Waals surface area contributed by atoms with Gasteiger partial charge in [0.2, 0.25) is 8.32 Å². The molecule has 0 bridgehead atoms. The number of hydrogen-bond acceptors (Lipinski definition) is 4. The first-order chi connectivity index (χ1) is 15.6. The molecule has 5 atom stereocenters. The lowest BCUT2D eigenvalue weighted by atomic mass is 9.80. The summed E-state index contributed by atoms with van der Waals surface area (Å²) in [4.78, 5) is 4.50. The fourth-order valence-corrected chi connectivity index (χ4v) is 13.2. The van der Waals surface area contributed by atoms with Crippen molar-refractivity contribution in [2.45, 2.75) is 136 Å². The van der Waals surface area contributed by atoms with Gasteiger partial charge in [-0.1, -0.05) is 81.1 Å². The zero-order valence-corrected chi connectivity index (χ0v) is 26.4. The van der Waals surface area contributed by atoms with Crippen LogP contribution in [0.1, 0.15) is 80.3 Å². The summed E-state index contributed by atoms with van der Waals surface area (Å²) in [6.45, 7) is 30.5. The Kier molecular flexibility index (Phi) is 10.1. The van der Waals surface area contributed by atoms with Crippen molar-refractivity contribution < 1.29 is 13.6 Å². The summed E-state index contributed by atoms with van der Waals surface area (Å²) in [5.74, 6) is 1.36. The number of aryl methyl sites for hydroxylation is 1. The number of oxazole rings is 1. The Bertz CT molecular complexity index is 787. The zero-order chi connectivity index (χ0) is 26.0. The molecule has 1 aliphatic heterocycles. The van der Waals surface area contributed by atoms with Gasteiger partial charge in [-0.15, -0.1) is 0 Å². The fraction of sp³-hybridized carbons (Fsp3) is 0.821. The highest BCUT2D eigenvalue weighted by molar-refractivity contribution is 6.77. The molecule has 0 saturated carbocycles. The van der Waals surface area contributed by atoms with E-state index in [-0.39, 0.29) is 24.2 Å². The molecule has 4 nitrogen and oxygen atoms in total. The number of rotatable bonds is 10. The summed E-state index contributed by atoms with van der Waals surface area (Å²) in [6, 6.07) is 1.28. The molecule has 1 aromatic heterocycles. The van der Waals surface area contributed by atoms with E-state index < -0.39 is 16.4 Å². The molecular weight excluding hydrogens is 454 g/mol. The van der Waals surface area contributed by atoms with Gasteiger partial charge in [0.25, 0.3) is 0 Å². The van der Waals surface area contributed by atoms with E-state index in [0.29, 0.717) is 28.4 Å². The maximum absolute atomic E-state index is 7.49.